The number of thioether (sulfide) groups is 1. The highest BCUT2D eigenvalue weighted by Gasteiger charge is 2.29. The second kappa shape index (κ2) is 8.61. The molecule has 2 N–H and O–H groups in total. The molecule has 2 aliphatic carbocycles. The van der Waals surface area contributed by atoms with E-state index >= 15 is 0 Å². The van der Waals surface area contributed by atoms with E-state index in [1.165, 1.54) is 25.7 Å². The van der Waals surface area contributed by atoms with Crippen molar-refractivity contribution >= 4 is 17.9 Å². The van der Waals surface area contributed by atoms with Crippen molar-refractivity contribution in [3.63, 3.8) is 0 Å². The van der Waals surface area contributed by atoms with Crippen LogP contribution in [0.1, 0.15) is 72.1 Å². The molecule has 23 heavy (non-hydrogen) atoms. The quantitative estimate of drug-likeness (QED) is 0.808. The fourth-order valence-corrected chi connectivity index (χ4v) is 4.70. The van der Waals surface area contributed by atoms with Gasteiger partial charge >= 0.3 is 6.09 Å². The second-order valence-corrected chi connectivity index (χ2v) is 9.10. The monoisotopic (exact) mass is 342 g/mol. The highest BCUT2D eigenvalue weighted by atomic mass is 32.2. The van der Waals surface area contributed by atoms with E-state index in [9.17, 15) is 4.79 Å². The summed E-state index contributed by atoms with van der Waals surface area (Å²) in [6.07, 6.45) is 11.8. The van der Waals surface area contributed by atoms with E-state index in [4.69, 9.17) is 4.74 Å². The number of alkyl carbamates (subject to hydrolysis) is 1. The van der Waals surface area contributed by atoms with Crippen LogP contribution in [0.15, 0.2) is 0 Å². The van der Waals surface area contributed by atoms with E-state index in [2.05, 4.69) is 16.9 Å². The van der Waals surface area contributed by atoms with Gasteiger partial charge in [0.15, 0.2) is 0 Å². The zero-order chi connectivity index (χ0) is 16.9. The molecule has 0 saturated heterocycles. The maximum Gasteiger partial charge on any atom is 0.407 e. The van der Waals surface area contributed by atoms with Crippen molar-refractivity contribution in [1.29, 1.82) is 0 Å². The minimum Gasteiger partial charge on any atom is -0.444 e. The van der Waals surface area contributed by atoms with Crippen molar-refractivity contribution in [1.82, 2.24) is 10.6 Å². The lowest BCUT2D eigenvalue weighted by atomic mass is 9.88. The van der Waals surface area contributed by atoms with Crippen LogP contribution in [0, 0.1) is 0 Å². The Morgan fingerprint density at radius 3 is 2.22 bits per heavy atom. The summed E-state index contributed by atoms with van der Waals surface area (Å²) in [5.41, 5.74) is -0.420. The molecule has 0 aromatic heterocycles. The molecule has 2 unspecified atom stereocenters. The molecule has 0 spiro atoms. The number of carbonyl (C=O) groups excluding carboxylic acids is 1. The number of nitrogens with one attached hydrogen (secondary N) is 2. The van der Waals surface area contributed by atoms with E-state index in [0.717, 1.165) is 30.9 Å². The zero-order valence-corrected chi connectivity index (χ0v) is 16.0. The molecule has 5 heteroatoms. The SMILES string of the molecule is CSC1CCCCC1NC1CCC(NC(=O)OC(C)(C)C)CC1. The molecule has 2 atom stereocenters. The largest absolute Gasteiger partial charge is 0.444 e. The minimum atomic E-state index is -0.420. The van der Waals surface area contributed by atoms with E-state index in [-0.39, 0.29) is 12.1 Å². The predicted octanol–water partition coefficient (Wildman–Crippen LogP) is 4.09. The predicted molar refractivity (Wildman–Crippen MR) is 98.1 cm³/mol. The van der Waals surface area contributed by atoms with Gasteiger partial charge in [0.05, 0.1) is 0 Å². The summed E-state index contributed by atoms with van der Waals surface area (Å²) >= 11 is 2.02. The van der Waals surface area contributed by atoms with Crippen molar-refractivity contribution in [2.75, 3.05) is 6.26 Å². The van der Waals surface area contributed by atoms with Crippen molar-refractivity contribution in [3.05, 3.63) is 0 Å². The fraction of sp³-hybridized carbons (Fsp3) is 0.944. The molecular weight excluding hydrogens is 308 g/mol. The van der Waals surface area contributed by atoms with Gasteiger partial charge in [0.25, 0.3) is 0 Å². The van der Waals surface area contributed by atoms with Crippen LogP contribution in [0.2, 0.25) is 0 Å². The number of hydrogen-bond donors (Lipinski definition) is 2. The topological polar surface area (TPSA) is 50.4 Å². The summed E-state index contributed by atoms with van der Waals surface area (Å²) in [7, 11) is 0. The van der Waals surface area contributed by atoms with Gasteiger partial charge in [-0.05, 0) is 65.6 Å². The van der Waals surface area contributed by atoms with Crippen LogP contribution in [-0.4, -0.2) is 41.3 Å². The summed E-state index contributed by atoms with van der Waals surface area (Å²) < 4.78 is 5.35. The highest BCUT2D eigenvalue weighted by Crippen LogP contribution is 2.29. The lowest BCUT2D eigenvalue weighted by Crippen LogP contribution is -2.49. The first-order valence-corrected chi connectivity index (χ1v) is 10.4. The van der Waals surface area contributed by atoms with E-state index in [1.807, 2.05) is 32.5 Å². The van der Waals surface area contributed by atoms with E-state index in [1.54, 1.807) is 0 Å². The molecule has 1 amide bonds. The van der Waals surface area contributed by atoms with Crippen molar-refractivity contribution in [2.45, 2.75) is 101 Å². The molecule has 2 aliphatic rings. The van der Waals surface area contributed by atoms with Gasteiger partial charge in [-0.25, -0.2) is 4.79 Å². The smallest absolute Gasteiger partial charge is 0.407 e. The normalized spacial score (nSPS) is 32.3. The maximum absolute atomic E-state index is 11.9. The van der Waals surface area contributed by atoms with Crippen LogP contribution in [-0.2, 0) is 4.74 Å². The van der Waals surface area contributed by atoms with Crippen LogP contribution < -0.4 is 10.6 Å². The molecule has 0 aliphatic heterocycles. The summed E-state index contributed by atoms with van der Waals surface area (Å²) in [6, 6.07) is 1.56. The molecule has 0 aromatic carbocycles. The molecule has 0 aromatic rings. The summed E-state index contributed by atoms with van der Waals surface area (Å²) in [4.78, 5) is 11.9. The Bertz CT molecular complexity index is 376. The molecule has 2 rings (SSSR count). The van der Waals surface area contributed by atoms with Crippen LogP contribution in [0.25, 0.3) is 0 Å². The van der Waals surface area contributed by atoms with Gasteiger partial charge in [0.1, 0.15) is 5.60 Å². The maximum atomic E-state index is 11.9. The lowest BCUT2D eigenvalue weighted by Gasteiger charge is -2.37. The van der Waals surface area contributed by atoms with Gasteiger partial charge in [-0.2, -0.15) is 11.8 Å². The van der Waals surface area contributed by atoms with E-state index in [0.29, 0.717) is 12.1 Å². The Labute approximate surface area is 145 Å². The van der Waals surface area contributed by atoms with Crippen molar-refractivity contribution in [2.24, 2.45) is 0 Å². The van der Waals surface area contributed by atoms with Gasteiger partial charge in [-0.3, -0.25) is 0 Å². The minimum absolute atomic E-state index is 0.269. The molecule has 0 bridgehead atoms. The molecule has 4 nitrogen and oxygen atoms in total. The average Bonchev–Trinajstić information content (AvgIpc) is 2.48. The van der Waals surface area contributed by atoms with Crippen LogP contribution >= 0.6 is 11.8 Å². The summed E-state index contributed by atoms with van der Waals surface area (Å²) in [6.45, 7) is 5.71. The van der Waals surface area contributed by atoms with Crippen molar-refractivity contribution in [3.8, 4) is 0 Å². The number of carbonyl (C=O) groups is 1. The van der Waals surface area contributed by atoms with Gasteiger partial charge in [-0.1, -0.05) is 12.8 Å². The number of ether oxygens (including phenoxy) is 1. The molecule has 0 heterocycles. The third-order valence-electron chi connectivity index (χ3n) is 4.90. The molecule has 2 fully saturated rings. The Morgan fingerprint density at radius 1 is 1.00 bits per heavy atom. The summed E-state index contributed by atoms with van der Waals surface area (Å²) in [5, 5.41) is 7.71. The first kappa shape index (κ1) is 18.9. The molecule has 0 radical (unpaired) electrons. The zero-order valence-electron chi connectivity index (χ0n) is 15.2. The number of hydrogen-bond acceptors (Lipinski definition) is 4. The Balaban J connectivity index is 1.70. The highest BCUT2D eigenvalue weighted by molar-refractivity contribution is 7.99. The Morgan fingerprint density at radius 2 is 1.61 bits per heavy atom. The van der Waals surface area contributed by atoms with Gasteiger partial charge in [0.2, 0.25) is 0 Å². The second-order valence-electron chi connectivity index (χ2n) is 8.03. The van der Waals surface area contributed by atoms with Gasteiger partial charge in [0, 0.05) is 23.4 Å². The lowest BCUT2D eigenvalue weighted by molar-refractivity contribution is 0.0489. The first-order valence-electron chi connectivity index (χ1n) is 9.16. The molecule has 2 saturated carbocycles. The molecule has 134 valence electrons. The third kappa shape index (κ3) is 6.54. The van der Waals surface area contributed by atoms with Crippen LogP contribution in [0.5, 0.6) is 0 Å². The Kier molecular flexibility index (Phi) is 7.08. The van der Waals surface area contributed by atoms with E-state index < -0.39 is 5.60 Å². The van der Waals surface area contributed by atoms with Crippen LogP contribution in [0.3, 0.4) is 0 Å². The fourth-order valence-electron chi connectivity index (χ4n) is 3.75. The summed E-state index contributed by atoms with van der Waals surface area (Å²) in [5.74, 6) is 0. The standard InChI is InChI=1S/C18H34N2O2S/c1-18(2,3)22-17(21)20-14-11-9-13(10-12-14)19-15-7-5-6-8-16(15)23-4/h13-16,19H,5-12H2,1-4H3,(H,20,21). The average molecular weight is 343 g/mol. The third-order valence-corrected chi connectivity index (χ3v) is 6.07. The van der Waals surface area contributed by atoms with Crippen LogP contribution in [0.4, 0.5) is 4.79 Å². The van der Waals surface area contributed by atoms with Gasteiger partial charge in [-0.15, -0.1) is 0 Å². The molecular formula is C18H34N2O2S. The van der Waals surface area contributed by atoms with Crippen molar-refractivity contribution < 1.29 is 9.53 Å². The van der Waals surface area contributed by atoms with Gasteiger partial charge < -0.3 is 15.4 Å². The first-order chi connectivity index (χ1) is 10.9. The number of rotatable bonds is 4. The number of amides is 1. The Hall–Kier alpha value is -0.420.